The second-order valence-electron chi connectivity index (χ2n) is 14.4. The zero-order valence-electron chi connectivity index (χ0n) is 30.5. The molecule has 262 valence electrons. The van der Waals surface area contributed by atoms with Crippen LogP contribution in [0.15, 0.2) is 212 Å². The molecule has 0 N–H and O–H groups in total. The van der Waals surface area contributed by atoms with Crippen LogP contribution < -0.4 is 0 Å². The van der Waals surface area contributed by atoms with Gasteiger partial charge < -0.3 is 9.13 Å². The predicted octanol–water partition coefficient (Wildman–Crippen LogP) is 13.9. The van der Waals surface area contributed by atoms with Crippen molar-refractivity contribution in [3.8, 4) is 56.1 Å². The van der Waals surface area contributed by atoms with Crippen molar-refractivity contribution in [1.82, 2.24) is 14.1 Å². The van der Waals surface area contributed by atoms with Crippen molar-refractivity contribution in [2.75, 3.05) is 0 Å². The third-order valence-electron chi connectivity index (χ3n) is 11.1. The SMILES string of the molecule is c1ccc(-c2cccc(-n3c4ccccc4c4cc5c6ccccc6n(-c6ccccc6-c6cc(-c7ccccc7)cc(-c7ccccc7)n6)c5cc43)c2)cc1. The van der Waals surface area contributed by atoms with E-state index in [0.717, 1.165) is 56.0 Å². The van der Waals surface area contributed by atoms with Gasteiger partial charge >= 0.3 is 0 Å². The normalized spacial score (nSPS) is 11.6. The Morgan fingerprint density at radius 2 is 0.804 bits per heavy atom. The molecule has 11 rings (SSSR count). The maximum atomic E-state index is 5.38. The van der Waals surface area contributed by atoms with E-state index in [2.05, 4.69) is 221 Å². The van der Waals surface area contributed by atoms with E-state index in [4.69, 9.17) is 4.98 Å². The van der Waals surface area contributed by atoms with E-state index in [-0.39, 0.29) is 0 Å². The number of pyridine rings is 1. The predicted molar refractivity (Wildman–Crippen MR) is 235 cm³/mol. The Morgan fingerprint density at radius 3 is 1.50 bits per heavy atom. The fourth-order valence-corrected chi connectivity index (χ4v) is 8.53. The molecule has 0 amide bonds. The second-order valence-corrected chi connectivity index (χ2v) is 14.4. The first-order valence-corrected chi connectivity index (χ1v) is 19.1. The van der Waals surface area contributed by atoms with Crippen LogP contribution in [0, 0.1) is 0 Å². The zero-order chi connectivity index (χ0) is 37.0. The number of fused-ring (bicyclic) bond motifs is 6. The number of benzene rings is 8. The number of nitrogens with zero attached hydrogens (tertiary/aromatic N) is 3. The van der Waals surface area contributed by atoms with Gasteiger partial charge in [0.05, 0.1) is 39.1 Å². The van der Waals surface area contributed by atoms with Gasteiger partial charge in [0, 0.05) is 38.4 Å². The highest BCUT2D eigenvalue weighted by atomic mass is 15.0. The van der Waals surface area contributed by atoms with Crippen molar-refractivity contribution in [2.24, 2.45) is 0 Å². The minimum absolute atomic E-state index is 0.930. The fourth-order valence-electron chi connectivity index (χ4n) is 8.53. The van der Waals surface area contributed by atoms with Gasteiger partial charge in [-0.1, -0.05) is 158 Å². The minimum atomic E-state index is 0.930. The number of para-hydroxylation sites is 3. The lowest BCUT2D eigenvalue weighted by Gasteiger charge is -2.16. The van der Waals surface area contributed by atoms with Crippen LogP contribution in [0.25, 0.3) is 99.8 Å². The van der Waals surface area contributed by atoms with Crippen molar-refractivity contribution in [2.45, 2.75) is 0 Å². The zero-order valence-corrected chi connectivity index (χ0v) is 30.5. The average Bonchev–Trinajstić information content (AvgIpc) is 3.78. The van der Waals surface area contributed by atoms with Crippen molar-refractivity contribution in [3.05, 3.63) is 212 Å². The molecule has 0 fully saturated rings. The third-order valence-corrected chi connectivity index (χ3v) is 11.1. The highest BCUT2D eigenvalue weighted by Crippen LogP contribution is 2.42. The number of hydrogen-bond acceptors (Lipinski definition) is 1. The summed E-state index contributed by atoms with van der Waals surface area (Å²) >= 11 is 0. The summed E-state index contributed by atoms with van der Waals surface area (Å²) in [5.74, 6) is 0. The van der Waals surface area contributed by atoms with Crippen LogP contribution in [0.5, 0.6) is 0 Å². The summed E-state index contributed by atoms with van der Waals surface area (Å²) in [5.41, 5.74) is 15.6. The molecule has 8 aromatic carbocycles. The molecule has 3 heteroatoms. The largest absolute Gasteiger partial charge is 0.309 e. The molecule has 0 saturated heterocycles. The molecule has 0 spiro atoms. The van der Waals surface area contributed by atoms with Crippen LogP contribution in [0.4, 0.5) is 0 Å². The maximum absolute atomic E-state index is 5.38. The first-order chi connectivity index (χ1) is 27.8. The molecule has 3 aromatic heterocycles. The second kappa shape index (κ2) is 13.1. The Morgan fingerprint density at radius 1 is 0.286 bits per heavy atom. The van der Waals surface area contributed by atoms with Gasteiger partial charge in [-0.15, -0.1) is 0 Å². The molecule has 0 aliphatic rings. The monoisotopic (exact) mass is 713 g/mol. The first kappa shape index (κ1) is 32.0. The summed E-state index contributed by atoms with van der Waals surface area (Å²) in [4.78, 5) is 5.38. The number of aromatic nitrogens is 3. The van der Waals surface area contributed by atoms with E-state index in [9.17, 15) is 0 Å². The summed E-state index contributed by atoms with van der Waals surface area (Å²) in [6.45, 7) is 0. The highest BCUT2D eigenvalue weighted by molar-refractivity contribution is 6.19. The van der Waals surface area contributed by atoms with Crippen LogP contribution in [-0.2, 0) is 0 Å². The van der Waals surface area contributed by atoms with Crippen molar-refractivity contribution < 1.29 is 0 Å². The molecule has 0 aliphatic heterocycles. The molecule has 0 bridgehead atoms. The van der Waals surface area contributed by atoms with Gasteiger partial charge in [-0.05, 0) is 76.9 Å². The Hall–Kier alpha value is -7.49. The molecule has 0 aliphatic carbocycles. The van der Waals surface area contributed by atoms with Crippen LogP contribution in [-0.4, -0.2) is 14.1 Å². The molecule has 3 nitrogen and oxygen atoms in total. The molecular weight excluding hydrogens is 679 g/mol. The summed E-state index contributed by atoms with van der Waals surface area (Å²) < 4.78 is 4.88. The van der Waals surface area contributed by atoms with E-state index in [1.54, 1.807) is 0 Å². The van der Waals surface area contributed by atoms with Crippen LogP contribution in [0.2, 0.25) is 0 Å². The number of hydrogen-bond donors (Lipinski definition) is 0. The van der Waals surface area contributed by atoms with Gasteiger partial charge in [0.25, 0.3) is 0 Å². The van der Waals surface area contributed by atoms with Crippen LogP contribution >= 0.6 is 0 Å². The van der Waals surface area contributed by atoms with Gasteiger partial charge in [-0.25, -0.2) is 4.98 Å². The Balaban J connectivity index is 1.19. The first-order valence-electron chi connectivity index (χ1n) is 19.1. The summed E-state index contributed by atoms with van der Waals surface area (Å²) in [6, 6.07) is 76.2. The smallest absolute Gasteiger partial charge is 0.0736 e. The Labute approximate surface area is 325 Å². The molecule has 0 saturated carbocycles. The number of rotatable bonds is 6. The summed E-state index contributed by atoms with van der Waals surface area (Å²) in [7, 11) is 0. The van der Waals surface area contributed by atoms with E-state index >= 15 is 0 Å². The van der Waals surface area contributed by atoms with Gasteiger partial charge in [-0.3, -0.25) is 0 Å². The Kier molecular flexibility index (Phi) is 7.49. The van der Waals surface area contributed by atoms with E-state index in [1.165, 1.54) is 43.7 Å². The molecule has 3 heterocycles. The fraction of sp³-hybridized carbons (Fsp3) is 0. The van der Waals surface area contributed by atoms with Gasteiger partial charge in [0.15, 0.2) is 0 Å². The van der Waals surface area contributed by atoms with Gasteiger partial charge in [0.2, 0.25) is 0 Å². The molecule has 0 radical (unpaired) electrons. The van der Waals surface area contributed by atoms with Crippen LogP contribution in [0.1, 0.15) is 0 Å². The topological polar surface area (TPSA) is 22.8 Å². The average molecular weight is 714 g/mol. The lowest BCUT2D eigenvalue weighted by atomic mass is 9.99. The third kappa shape index (κ3) is 5.25. The molecule has 0 atom stereocenters. The summed E-state index contributed by atoms with van der Waals surface area (Å²) in [6.07, 6.45) is 0. The maximum Gasteiger partial charge on any atom is 0.0736 e. The van der Waals surface area contributed by atoms with Crippen molar-refractivity contribution in [1.29, 1.82) is 0 Å². The van der Waals surface area contributed by atoms with Gasteiger partial charge in [-0.2, -0.15) is 0 Å². The molecule has 56 heavy (non-hydrogen) atoms. The van der Waals surface area contributed by atoms with E-state index < -0.39 is 0 Å². The molecule has 0 unspecified atom stereocenters. The van der Waals surface area contributed by atoms with Gasteiger partial charge in [0.1, 0.15) is 0 Å². The van der Waals surface area contributed by atoms with Crippen LogP contribution in [0.3, 0.4) is 0 Å². The molecule has 11 aromatic rings. The minimum Gasteiger partial charge on any atom is -0.309 e. The highest BCUT2D eigenvalue weighted by Gasteiger charge is 2.21. The quantitative estimate of drug-likeness (QED) is 0.168. The molecular formula is C53H35N3. The van der Waals surface area contributed by atoms with E-state index in [0.29, 0.717) is 0 Å². The standard InChI is InChI=1S/C53H35N3/c1-4-17-36(18-5-1)39-23-16-24-41(31-39)55-49-28-13-10-25-42(49)45-34-46-43-26-11-14-29-50(43)56(53(46)35-52(45)55)51-30-15-12-27-44(51)48-33-40(37-19-6-2-7-20-37)32-47(54-48)38-21-8-3-9-22-38/h1-35H. The van der Waals surface area contributed by atoms with E-state index in [1.807, 2.05) is 0 Å². The van der Waals surface area contributed by atoms with Crippen molar-refractivity contribution >= 4 is 43.6 Å². The van der Waals surface area contributed by atoms with Crippen molar-refractivity contribution in [3.63, 3.8) is 0 Å². The lowest BCUT2D eigenvalue weighted by molar-refractivity contribution is 1.16. The Bertz CT molecular complexity index is 3170. The summed E-state index contributed by atoms with van der Waals surface area (Å²) in [5, 5.41) is 4.92. The lowest BCUT2D eigenvalue weighted by Crippen LogP contribution is -2.00.